The van der Waals surface area contributed by atoms with E-state index in [2.05, 4.69) is 17.1 Å². The second kappa shape index (κ2) is 8.06. The molecule has 2 N–H and O–H groups in total. The van der Waals surface area contributed by atoms with E-state index in [1.165, 1.54) is 25.7 Å². The third-order valence-electron chi connectivity index (χ3n) is 7.87. The second-order valence-electron chi connectivity index (χ2n) is 9.99. The minimum Gasteiger partial charge on any atom is -0.314 e. The minimum absolute atomic E-state index is 0.00427. The summed E-state index contributed by atoms with van der Waals surface area (Å²) in [6, 6.07) is 18.7. The summed E-state index contributed by atoms with van der Waals surface area (Å²) < 4.78 is 0. The maximum Gasteiger partial charge on any atom is 0.255 e. The summed E-state index contributed by atoms with van der Waals surface area (Å²) in [5, 5.41) is 6.66. The fourth-order valence-corrected chi connectivity index (χ4v) is 9.42. The fraction of sp³-hybridized carbons (Fsp3) is 0.462. The summed E-state index contributed by atoms with van der Waals surface area (Å²) in [5.74, 6) is 1.30. The number of carbonyl (C=O) groups excluding carboxylic acids is 2. The number of rotatable bonds is 6. The van der Waals surface area contributed by atoms with Crippen molar-refractivity contribution < 1.29 is 9.59 Å². The Morgan fingerprint density at radius 3 is 1.77 bits per heavy atom. The van der Waals surface area contributed by atoms with Crippen LogP contribution < -0.4 is 10.2 Å². The van der Waals surface area contributed by atoms with E-state index >= 15 is 0 Å². The SMILES string of the molecule is CCC12C[C@H]3C[C@@H](C1)CC(P(NC(=O)c1ccccc1)NC(=O)c1ccccc1)(C3)C2. The molecule has 6 rings (SSSR count). The van der Waals surface area contributed by atoms with E-state index in [1.807, 2.05) is 60.7 Å². The van der Waals surface area contributed by atoms with Crippen LogP contribution in [0.3, 0.4) is 0 Å². The van der Waals surface area contributed by atoms with Crippen molar-refractivity contribution >= 4 is 20.0 Å². The molecule has 0 spiro atoms. The number of amides is 2. The number of nitrogens with one attached hydrogen (secondary N) is 2. The number of benzene rings is 2. The summed E-state index contributed by atoms with van der Waals surface area (Å²) in [5.41, 5.74) is 1.69. The Labute approximate surface area is 186 Å². The summed E-state index contributed by atoms with van der Waals surface area (Å²) >= 11 is 0. The first kappa shape index (κ1) is 20.7. The molecule has 5 heteroatoms. The van der Waals surface area contributed by atoms with Crippen molar-refractivity contribution in [1.82, 2.24) is 10.2 Å². The van der Waals surface area contributed by atoms with Crippen molar-refractivity contribution in [3.05, 3.63) is 71.8 Å². The van der Waals surface area contributed by atoms with Gasteiger partial charge >= 0.3 is 0 Å². The van der Waals surface area contributed by atoms with Gasteiger partial charge in [0, 0.05) is 16.3 Å². The average molecular weight is 435 g/mol. The fourth-order valence-electron chi connectivity index (χ4n) is 6.85. The molecule has 4 atom stereocenters. The predicted octanol–water partition coefficient (Wildman–Crippen LogP) is 5.91. The van der Waals surface area contributed by atoms with Gasteiger partial charge in [-0.3, -0.25) is 9.59 Å². The zero-order chi connectivity index (χ0) is 21.5. The molecule has 0 aliphatic heterocycles. The molecule has 4 nitrogen and oxygen atoms in total. The lowest BCUT2D eigenvalue weighted by Crippen LogP contribution is -2.57. The van der Waals surface area contributed by atoms with Crippen LogP contribution in [0.5, 0.6) is 0 Å². The highest BCUT2D eigenvalue weighted by atomic mass is 31.1. The Morgan fingerprint density at radius 1 is 0.839 bits per heavy atom. The van der Waals surface area contributed by atoms with Gasteiger partial charge in [-0.25, -0.2) is 0 Å². The Hall–Kier alpha value is -2.19. The Kier molecular flexibility index (Phi) is 5.38. The summed E-state index contributed by atoms with van der Waals surface area (Å²) in [7, 11) is -1.20. The van der Waals surface area contributed by atoms with Gasteiger partial charge in [0.15, 0.2) is 0 Å². The largest absolute Gasteiger partial charge is 0.314 e. The first-order chi connectivity index (χ1) is 15.0. The van der Waals surface area contributed by atoms with Gasteiger partial charge in [0.25, 0.3) is 11.8 Å². The highest BCUT2D eigenvalue weighted by Crippen LogP contribution is 2.70. The van der Waals surface area contributed by atoms with Crippen LogP contribution in [0.25, 0.3) is 0 Å². The van der Waals surface area contributed by atoms with E-state index in [9.17, 15) is 9.59 Å². The lowest BCUT2D eigenvalue weighted by atomic mass is 9.48. The van der Waals surface area contributed by atoms with Crippen LogP contribution in [0, 0.1) is 17.3 Å². The minimum atomic E-state index is -1.20. The zero-order valence-corrected chi connectivity index (χ0v) is 19.0. The first-order valence-corrected chi connectivity index (χ1v) is 12.9. The van der Waals surface area contributed by atoms with Crippen molar-refractivity contribution in [1.29, 1.82) is 0 Å². The van der Waals surface area contributed by atoms with Crippen molar-refractivity contribution in [2.24, 2.45) is 17.3 Å². The number of hydrogen-bond donors (Lipinski definition) is 2. The van der Waals surface area contributed by atoms with Gasteiger partial charge in [-0.05, 0) is 80.0 Å². The zero-order valence-electron chi connectivity index (χ0n) is 18.1. The standard InChI is InChI=1S/C26H31N2O2P/c1-2-25-14-19-13-20(15-25)17-26(16-19,18-25)31(27-23(29)21-9-5-3-6-10-21)28-24(30)22-11-7-4-8-12-22/h3-12,19-20H,2,13-18H2,1H3,(H,27,29)(H,28,30)/t19-,20+,25?,26?. The molecule has 162 valence electrons. The molecule has 0 saturated heterocycles. The van der Waals surface area contributed by atoms with Crippen LogP contribution in [0.4, 0.5) is 0 Å². The van der Waals surface area contributed by atoms with E-state index in [0.717, 1.165) is 31.1 Å². The summed E-state index contributed by atoms with van der Waals surface area (Å²) in [4.78, 5) is 26.3. The van der Waals surface area contributed by atoms with Gasteiger partial charge in [-0.1, -0.05) is 49.7 Å². The Bertz CT molecular complexity index is 894. The third kappa shape index (κ3) is 3.91. The summed E-state index contributed by atoms with van der Waals surface area (Å²) in [6.07, 6.45) is 8.55. The van der Waals surface area contributed by atoms with Gasteiger partial charge in [0.1, 0.15) is 8.22 Å². The molecule has 4 aliphatic carbocycles. The first-order valence-electron chi connectivity index (χ1n) is 11.5. The normalized spacial score (nSPS) is 30.9. The molecule has 4 bridgehead atoms. The number of carbonyl (C=O) groups is 2. The van der Waals surface area contributed by atoms with E-state index in [1.54, 1.807) is 0 Å². The molecular weight excluding hydrogens is 403 g/mol. The monoisotopic (exact) mass is 434 g/mol. The molecule has 4 aliphatic rings. The van der Waals surface area contributed by atoms with Crippen LogP contribution >= 0.6 is 8.22 Å². The second-order valence-corrected chi connectivity index (χ2v) is 12.1. The van der Waals surface area contributed by atoms with Crippen LogP contribution in [0.1, 0.15) is 72.6 Å². The van der Waals surface area contributed by atoms with Crippen molar-refractivity contribution in [2.75, 3.05) is 0 Å². The average Bonchev–Trinajstić information content (AvgIpc) is 2.79. The molecule has 4 fully saturated rings. The van der Waals surface area contributed by atoms with Crippen LogP contribution in [-0.4, -0.2) is 17.0 Å². The van der Waals surface area contributed by atoms with Crippen LogP contribution in [0.15, 0.2) is 60.7 Å². The quantitative estimate of drug-likeness (QED) is 0.556. The molecular formula is C26H31N2O2P. The smallest absolute Gasteiger partial charge is 0.255 e. The van der Waals surface area contributed by atoms with E-state index < -0.39 is 8.22 Å². The molecule has 4 saturated carbocycles. The van der Waals surface area contributed by atoms with Crippen molar-refractivity contribution in [3.8, 4) is 0 Å². The van der Waals surface area contributed by atoms with Gasteiger partial charge in [-0.2, -0.15) is 0 Å². The molecule has 0 heterocycles. The Morgan fingerprint density at radius 2 is 1.32 bits per heavy atom. The van der Waals surface area contributed by atoms with Crippen LogP contribution in [-0.2, 0) is 0 Å². The highest BCUT2D eigenvalue weighted by molar-refractivity contribution is 7.56. The lowest BCUT2D eigenvalue weighted by Gasteiger charge is -2.63. The molecule has 0 radical (unpaired) electrons. The molecule has 31 heavy (non-hydrogen) atoms. The summed E-state index contributed by atoms with van der Waals surface area (Å²) in [6.45, 7) is 2.33. The third-order valence-corrected chi connectivity index (χ3v) is 10.2. The van der Waals surface area contributed by atoms with E-state index in [0.29, 0.717) is 16.5 Å². The predicted molar refractivity (Wildman–Crippen MR) is 125 cm³/mol. The van der Waals surface area contributed by atoms with E-state index in [4.69, 9.17) is 0 Å². The van der Waals surface area contributed by atoms with Crippen molar-refractivity contribution in [2.45, 2.75) is 57.0 Å². The number of hydrogen-bond acceptors (Lipinski definition) is 2. The maximum atomic E-state index is 13.2. The molecule has 2 aromatic rings. The Balaban J connectivity index is 1.46. The van der Waals surface area contributed by atoms with Gasteiger partial charge in [0.05, 0.1) is 0 Å². The van der Waals surface area contributed by atoms with Crippen LogP contribution in [0.2, 0.25) is 0 Å². The molecule has 2 amide bonds. The highest BCUT2D eigenvalue weighted by Gasteiger charge is 2.60. The molecule has 2 unspecified atom stereocenters. The van der Waals surface area contributed by atoms with Gasteiger partial charge in [-0.15, -0.1) is 0 Å². The lowest BCUT2D eigenvalue weighted by molar-refractivity contribution is -0.0421. The maximum absolute atomic E-state index is 13.2. The topological polar surface area (TPSA) is 58.2 Å². The van der Waals surface area contributed by atoms with Gasteiger partial charge < -0.3 is 10.2 Å². The van der Waals surface area contributed by atoms with Gasteiger partial charge in [0.2, 0.25) is 0 Å². The van der Waals surface area contributed by atoms with E-state index in [-0.39, 0.29) is 17.0 Å². The molecule has 0 aromatic heterocycles. The molecule has 2 aromatic carbocycles. The van der Waals surface area contributed by atoms with Crippen molar-refractivity contribution in [3.63, 3.8) is 0 Å².